The largest absolute Gasteiger partial charge is 0.469 e. The van der Waals surface area contributed by atoms with Gasteiger partial charge in [0.05, 0.1) is 34.0 Å². The predicted molar refractivity (Wildman–Crippen MR) is 138 cm³/mol. The number of aliphatic hydroxyl groups excluding tert-OH is 1. The second kappa shape index (κ2) is 13.3. The summed E-state index contributed by atoms with van der Waals surface area (Å²) in [5.41, 5.74) is 1.01. The third-order valence-electron chi connectivity index (χ3n) is 5.22. The number of urea groups is 1. The number of amides is 3. The number of likely N-dealkylation sites (N-methyl/N-ethyl adjacent to an activating group) is 1. The van der Waals surface area contributed by atoms with E-state index in [1.54, 1.807) is 12.1 Å². The zero-order chi connectivity index (χ0) is 27.9. The fourth-order valence-corrected chi connectivity index (χ4v) is 4.68. The van der Waals surface area contributed by atoms with Crippen LogP contribution in [-0.2, 0) is 20.4 Å². The summed E-state index contributed by atoms with van der Waals surface area (Å²) in [6.07, 6.45) is -2.55. The lowest BCUT2D eigenvalue weighted by atomic mass is 10.1. The van der Waals surface area contributed by atoms with E-state index in [9.17, 15) is 23.7 Å². The van der Waals surface area contributed by atoms with Crippen LogP contribution < -0.4 is 10.6 Å². The molecule has 38 heavy (non-hydrogen) atoms. The molecule has 2 aromatic carbocycles. The molecule has 1 heterocycles. The average Bonchev–Trinajstić information content (AvgIpc) is 3.27. The van der Waals surface area contributed by atoms with Crippen molar-refractivity contribution >= 4 is 58.2 Å². The van der Waals surface area contributed by atoms with Crippen molar-refractivity contribution in [2.75, 3.05) is 25.6 Å². The summed E-state index contributed by atoms with van der Waals surface area (Å²) in [4.78, 5) is 48.3. The minimum absolute atomic E-state index is 0.116. The first-order valence-electron chi connectivity index (χ1n) is 11.0. The van der Waals surface area contributed by atoms with Crippen LogP contribution in [0.5, 0.6) is 0 Å². The highest BCUT2D eigenvalue weighted by molar-refractivity contribution is 7.46. The van der Waals surface area contributed by atoms with Gasteiger partial charge in [-0.25, -0.2) is 23.5 Å². The molecule has 0 saturated heterocycles. The lowest BCUT2D eigenvalue weighted by Crippen LogP contribution is -2.47. The molecule has 16 heteroatoms. The maximum absolute atomic E-state index is 13.7. The number of nitrogens with one attached hydrogen (secondary N) is 2. The number of carbonyl (C=O) groups is 2. The number of fused-ring (bicyclic) bond motifs is 1. The highest BCUT2D eigenvalue weighted by atomic mass is 35.5. The number of carbonyl (C=O) groups excluding carboxylic acids is 2. The van der Waals surface area contributed by atoms with Crippen molar-refractivity contribution in [1.29, 1.82) is 0 Å². The van der Waals surface area contributed by atoms with E-state index in [-0.39, 0.29) is 18.0 Å². The highest BCUT2D eigenvalue weighted by Gasteiger charge is 2.27. The monoisotopic (exact) mass is 590 g/mol. The van der Waals surface area contributed by atoms with E-state index in [2.05, 4.69) is 20.1 Å². The summed E-state index contributed by atoms with van der Waals surface area (Å²) in [7, 11) is -3.48. The third kappa shape index (κ3) is 8.88. The third-order valence-corrected chi connectivity index (χ3v) is 7.08. The number of rotatable bonds is 11. The number of aliphatic hydroxyl groups is 1. The van der Waals surface area contributed by atoms with Crippen LogP contribution in [0.15, 0.2) is 42.5 Å². The van der Waals surface area contributed by atoms with Crippen molar-refractivity contribution in [3.63, 3.8) is 0 Å². The maximum Gasteiger partial charge on any atom is 0.469 e. The van der Waals surface area contributed by atoms with Crippen molar-refractivity contribution < 1.29 is 42.7 Å². The number of hydrogen-bond donors (Lipinski definition) is 5. The van der Waals surface area contributed by atoms with Gasteiger partial charge in [0.1, 0.15) is 12.4 Å². The molecule has 0 radical (unpaired) electrons. The van der Waals surface area contributed by atoms with E-state index in [1.165, 1.54) is 36.6 Å². The SMILES string of the molecule is CN(C(=O)NCc1cccc(F)c1Cl)[C@H](COC(=O)Nc1nc2ccccc2s1)C[C@@H](O)COP(=O)(O)O. The van der Waals surface area contributed by atoms with Gasteiger partial charge in [0.15, 0.2) is 5.13 Å². The number of aromatic nitrogens is 1. The van der Waals surface area contributed by atoms with Gasteiger partial charge in [0.25, 0.3) is 0 Å². The Morgan fingerprint density at radius 2 is 1.95 bits per heavy atom. The van der Waals surface area contributed by atoms with Gasteiger partial charge in [0.2, 0.25) is 0 Å². The van der Waals surface area contributed by atoms with Crippen molar-refractivity contribution in [3.05, 3.63) is 58.9 Å². The number of phosphoric ester groups is 1. The summed E-state index contributed by atoms with van der Waals surface area (Å²) < 4.78 is 35.0. The quantitative estimate of drug-likeness (QED) is 0.209. The Kier molecular flexibility index (Phi) is 10.4. The van der Waals surface area contributed by atoms with Crippen molar-refractivity contribution in [1.82, 2.24) is 15.2 Å². The van der Waals surface area contributed by atoms with Gasteiger partial charge in [-0.1, -0.05) is 47.2 Å². The zero-order valence-electron chi connectivity index (χ0n) is 19.9. The molecule has 206 valence electrons. The van der Waals surface area contributed by atoms with E-state index < -0.39 is 51.1 Å². The van der Waals surface area contributed by atoms with E-state index in [1.807, 2.05) is 12.1 Å². The van der Waals surface area contributed by atoms with Crippen molar-refractivity contribution in [2.45, 2.75) is 25.1 Å². The van der Waals surface area contributed by atoms with Gasteiger partial charge >= 0.3 is 19.9 Å². The van der Waals surface area contributed by atoms with Crippen LogP contribution in [0.3, 0.4) is 0 Å². The Hall–Kier alpha value is -2.84. The molecule has 3 rings (SSSR count). The first-order valence-corrected chi connectivity index (χ1v) is 13.8. The molecule has 0 bridgehead atoms. The second-order valence-corrected chi connectivity index (χ2v) is 10.7. The molecule has 0 spiro atoms. The van der Waals surface area contributed by atoms with Gasteiger partial charge in [-0.05, 0) is 30.2 Å². The van der Waals surface area contributed by atoms with Crippen LogP contribution in [-0.4, -0.2) is 69.3 Å². The number of benzene rings is 2. The first kappa shape index (κ1) is 29.7. The molecular formula is C22H25ClFN4O8PS. The van der Waals surface area contributed by atoms with Crippen LogP contribution in [0.4, 0.5) is 19.1 Å². The van der Waals surface area contributed by atoms with E-state index in [0.29, 0.717) is 16.2 Å². The lowest BCUT2D eigenvalue weighted by molar-refractivity contribution is 0.0452. The molecular weight excluding hydrogens is 566 g/mol. The van der Waals surface area contributed by atoms with Gasteiger partial charge in [-0.2, -0.15) is 0 Å². The number of hydrogen-bond acceptors (Lipinski definition) is 8. The summed E-state index contributed by atoms with van der Waals surface area (Å²) in [6.45, 7) is -1.24. The molecule has 2 atom stereocenters. The summed E-state index contributed by atoms with van der Waals surface area (Å²) in [6, 6.07) is 9.77. The Labute approximate surface area is 225 Å². The number of anilines is 1. The van der Waals surface area contributed by atoms with Gasteiger partial charge in [-0.15, -0.1) is 0 Å². The normalized spacial score (nSPS) is 13.1. The number of phosphoric acid groups is 1. The molecule has 12 nitrogen and oxygen atoms in total. The zero-order valence-corrected chi connectivity index (χ0v) is 22.4. The van der Waals surface area contributed by atoms with Crippen molar-refractivity contribution in [2.24, 2.45) is 0 Å². The average molecular weight is 591 g/mol. The van der Waals surface area contributed by atoms with Gasteiger partial charge < -0.3 is 29.8 Å². The minimum atomic E-state index is -4.84. The number of halogens is 2. The second-order valence-electron chi connectivity index (χ2n) is 8.02. The highest BCUT2D eigenvalue weighted by Crippen LogP contribution is 2.36. The number of para-hydroxylation sites is 1. The van der Waals surface area contributed by atoms with E-state index >= 15 is 0 Å². The van der Waals surface area contributed by atoms with Crippen molar-refractivity contribution in [3.8, 4) is 0 Å². The van der Waals surface area contributed by atoms with Crippen LogP contribution in [0.1, 0.15) is 12.0 Å². The van der Waals surface area contributed by atoms with E-state index in [0.717, 1.165) is 9.60 Å². The number of ether oxygens (including phenoxy) is 1. The molecule has 0 saturated carbocycles. The first-order chi connectivity index (χ1) is 17.9. The smallest absolute Gasteiger partial charge is 0.447 e. The molecule has 0 aliphatic heterocycles. The molecule has 3 amide bonds. The molecule has 0 aliphatic rings. The molecule has 0 fully saturated rings. The summed E-state index contributed by atoms with van der Waals surface area (Å²) >= 11 is 7.15. The van der Waals surface area contributed by atoms with Crippen LogP contribution in [0, 0.1) is 5.82 Å². The maximum atomic E-state index is 13.7. The summed E-state index contributed by atoms with van der Waals surface area (Å²) in [5, 5.41) is 15.4. The lowest BCUT2D eigenvalue weighted by Gasteiger charge is -2.29. The van der Waals surface area contributed by atoms with Crippen LogP contribution in [0.2, 0.25) is 5.02 Å². The Bertz CT molecular complexity index is 1290. The molecule has 1 aromatic heterocycles. The number of thiazole rings is 1. The Morgan fingerprint density at radius 1 is 1.21 bits per heavy atom. The van der Waals surface area contributed by atoms with Gasteiger partial charge in [0, 0.05) is 13.6 Å². The van der Waals surface area contributed by atoms with Crippen LogP contribution >= 0.6 is 30.8 Å². The molecule has 0 aliphatic carbocycles. The topological polar surface area (TPSA) is 171 Å². The van der Waals surface area contributed by atoms with Gasteiger partial charge in [-0.3, -0.25) is 9.84 Å². The molecule has 3 aromatic rings. The fraction of sp³-hybridized carbons (Fsp3) is 0.318. The number of nitrogens with zero attached hydrogens (tertiary/aromatic N) is 2. The fourth-order valence-electron chi connectivity index (χ4n) is 3.27. The Morgan fingerprint density at radius 3 is 2.66 bits per heavy atom. The van der Waals surface area contributed by atoms with E-state index in [4.69, 9.17) is 26.1 Å². The Balaban J connectivity index is 1.63. The molecule has 0 unspecified atom stereocenters. The standard InChI is InChI=1S/C22H25ClFN4O8PS/c1-28(21(30)25-10-13-5-4-6-16(24)19(13)23)14(9-15(29)12-36-37(32,33)34)11-35-22(31)27-20-26-17-7-2-3-8-18(17)38-20/h2-8,14-15,29H,9-12H2,1H3,(H,25,30)(H,26,27,31)(H2,32,33,34)/t14-,15+/m0/s1. The molecule has 5 N–H and O–H groups in total. The minimum Gasteiger partial charge on any atom is -0.447 e. The predicted octanol–water partition coefficient (Wildman–Crippen LogP) is 3.71. The van der Waals surface area contributed by atoms with Crippen LogP contribution in [0.25, 0.3) is 10.2 Å². The summed E-state index contributed by atoms with van der Waals surface area (Å²) in [5.74, 6) is -0.648.